The fourth-order valence-electron chi connectivity index (χ4n) is 2.67. The van der Waals surface area contributed by atoms with Gasteiger partial charge in [0.15, 0.2) is 0 Å². The van der Waals surface area contributed by atoms with E-state index in [-0.39, 0.29) is 0 Å². The first kappa shape index (κ1) is 18.2. The number of ether oxygens (including phenoxy) is 2. The number of imide groups is 1. The number of carbonyl (C=O) groups excluding carboxylic acids is 2. The number of carbonyl (C=O) groups is 2. The Kier molecular flexibility index (Phi) is 5.52. The normalized spacial score (nSPS) is 10.1. The van der Waals surface area contributed by atoms with Gasteiger partial charge < -0.3 is 9.47 Å². The Hall–Kier alpha value is -3.60. The maximum Gasteiger partial charge on any atom is 0.265 e. The number of rotatable bonds is 5. The predicted octanol–water partition coefficient (Wildman–Crippen LogP) is 4.19. The summed E-state index contributed by atoms with van der Waals surface area (Å²) in [5, 5.41) is 0. The van der Waals surface area contributed by atoms with Gasteiger partial charge in [-0.15, -0.1) is 0 Å². The highest BCUT2D eigenvalue weighted by Crippen LogP contribution is 2.25. The Morgan fingerprint density at radius 3 is 1.89 bits per heavy atom. The monoisotopic (exact) mass is 361 g/mol. The third-order valence-electron chi connectivity index (χ3n) is 4.06. The molecule has 5 nitrogen and oxygen atoms in total. The van der Waals surface area contributed by atoms with Crippen molar-refractivity contribution in [1.29, 1.82) is 0 Å². The number of amides is 2. The molecule has 0 radical (unpaired) electrons. The third kappa shape index (κ3) is 3.98. The SMILES string of the molecule is COc1cccc(C(=O)N(C(=O)c2ccccc2)c2cccc(OC)c2)c1. The highest BCUT2D eigenvalue weighted by Gasteiger charge is 2.26. The molecule has 0 spiro atoms. The largest absolute Gasteiger partial charge is 0.497 e. The van der Waals surface area contributed by atoms with Gasteiger partial charge >= 0.3 is 0 Å². The van der Waals surface area contributed by atoms with Crippen molar-refractivity contribution >= 4 is 17.5 Å². The number of nitrogens with zero attached hydrogens (tertiary/aromatic N) is 1. The minimum absolute atomic E-state index is 0.349. The Labute approximate surface area is 157 Å². The minimum Gasteiger partial charge on any atom is -0.497 e. The summed E-state index contributed by atoms with van der Waals surface area (Å²) in [4.78, 5) is 27.5. The lowest BCUT2D eigenvalue weighted by molar-refractivity contribution is 0.0897. The average molecular weight is 361 g/mol. The maximum absolute atomic E-state index is 13.2. The van der Waals surface area contributed by atoms with E-state index in [1.165, 1.54) is 14.2 Å². The van der Waals surface area contributed by atoms with Crippen LogP contribution in [-0.4, -0.2) is 26.0 Å². The van der Waals surface area contributed by atoms with Gasteiger partial charge in [-0.1, -0.05) is 30.3 Å². The molecule has 27 heavy (non-hydrogen) atoms. The molecule has 0 unspecified atom stereocenters. The van der Waals surface area contributed by atoms with E-state index in [0.29, 0.717) is 28.3 Å². The molecule has 136 valence electrons. The van der Waals surface area contributed by atoms with Crippen LogP contribution < -0.4 is 14.4 Å². The van der Waals surface area contributed by atoms with Crippen LogP contribution in [0.25, 0.3) is 0 Å². The van der Waals surface area contributed by atoms with Gasteiger partial charge in [0, 0.05) is 17.2 Å². The number of hydrogen-bond donors (Lipinski definition) is 0. The van der Waals surface area contributed by atoms with Gasteiger partial charge in [0.2, 0.25) is 0 Å². The number of anilines is 1. The molecule has 5 heteroatoms. The molecule has 0 atom stereocenters. The summed E-state index contributed by atoms with van der Waals surface area (Å²) < 4.78 is 10.4. The highest BCUT2D eigenvalue weighted by molar-refractivity contribution is 6.25. The number of benzene rings is 3. The molecule has 0 saturated heterocycles. The molecule has 0 N–H and O–H groups in total. The maximum atomic E-state index is 13.2. The molecule has 3 aromatic carbocycles. The van der Waals surface area contributed by atoms with E-state index in [2.05, 4.69) is 0 Å². The van der Waals surface area contributed by atoms with E-state index in [4.69, 9.17) is 9.47 Å². The summed E-state index contributed by atoms with van der Waals surface area (Å²) in [6.45, 7) is 0. The Morgan fingerprint density at radius 2 is 1.22 bits per heavy atom. The zero-order chi connectivity index (χ0) is 19.2. The van der Waals surface area contributed by atoms with Crippen LogP contribution in [-0.2, 0) is 0 Å². The van der Waals surface area contributed by atoms with Crippen molar-refractivity contribution in [1.82, 2.24) is 0 Å². The summed E-state index contributed by atoms with van der Waals surface area (Å²) in [5.41, 5.74) is 1.19. The molecule has 0 aromatic heterocycles. The van der Waals surface area contributed by atoms with Crippen molar-refractivity contribution in [3.8, 4) is 11.5 Å². The van der Waals surface area contributed by atoms with Crippen molar-refractivity contribution in [2.45, 2.75) is 0 Å². The average Bonchev–Trinajstić information content (AvgIpc) is 2.74. The van der Waals surface area contributed by atoms with Gasteiger partial charge in [-0.2, -0.15) is 0 Å². The Morgan fingerprint density at radius 1 is 0.667 bits per heavy atom. The minimum atomic E-state index is -0.448. The van der Waals surface area contributed by atoms with Crippen LogP contribution in [0.2, 0.25) is 0 Å². The van der Waals surface area contributed by atoms with Gasteiger partial charge in [0.05, 0.1) is 19.9 Å². The molecular formula is C22H19NO4. The molecule has 3 aromatic rings. The second-order valence-electron chi connectivity index (χ2n) is 5.75. The molecule has 0 aliphatic heterocycles. The zero-order valence-corrected chi connectivity index (χ0v) is 15.1. The quantitative estimate of drug-likeness (QED) is 0.640. The molecule has 3 rings (SSSR count). The van der Waals surface area contributed by atoms with Crippen LogP contribution in [0.1, 0.15) is 20.7 Å². The standard InChI is InChI=1S/C22H19NO4/c1-26-19-12-6-10-17(14-19)22(25)23(18-11-7-13-20(15-18)27-2)21(24)16-8-4-3-5-9-16/h3-15H,1-2H3. The summed E-state index contributed by atoms with van der Waals surface area (Å²) >= 11 is 0. The first-order valence-corrected chi connectivity index (χ1v) is 8.36. The second kappa shape index (κ2) is 8.19. The van der Waals surface area contributed by atoms with Gasteiger partial charge in [-0.25, -0.2) is 4.90 Å². The van der Waals surface area contributed by atoms with E-state index >= 15 is 0 Å². The molecule has 0 aliphatic carbocycles. The fourth-order valence-corrected chi connectivity index (χ4v) is 2.67. The van der Waals surface area contributed by atoms with Crippen LogP contribution in [0, 0.1) is 0 Å². The lowest BCUT2D eigenvalue weighted by Crippen LogP contribution is -2.37. The molecular weight excluding hydrogens is 342 g/mol. The van der Waals surface area contributed by atoms with Crippen molar-refractivity contribution < 1.29 is 19.1 Å². The van der Waals surface area contributed by atoms with Gasteiger partial charge in [-0.3, -0.25) is 9.59 Å². The van der Waals surface area contributed by atoms with E-state index in [9.17, 15) is 9.59 Å². The molecule has 0 fully saturated rings. The molecule has 0 heterocycles. The summed E-state index contributed by atoms with van der Waals surface area (Å²) in [5.74, 6) is 0.225. The molecule has 2 amide bonds. The Bertz CT molecular complexity index is 953. The summed E-state index contributed by atoms with van der Waals surface area (Å²) in [7, 11) is 3.06. The fraction of sp³-hybridized carbons (Fsp3) is 0.0909. The van der Waals surface area contributed by atoms with Crippen molar-refractivity contribution in [2.75, 3.05) is 19.1 Å². The molecule has 0 bridgehead atoms. The lowest BCUT2D eigenvalue weighted by Gasteiger charge is -2.22. The topological polar surface area (TPSA) is 55.8 Å². The lowest BCUT2D eigenvalue weighted by atomic mass is 10.1. The van der Waals surface area contributed by atoms with Crippen molar-refractivity contribution in [2.24, 2.45) is 0 Å². The van der Waals surface area contributed by atoms with E-state index in [1.807, 2.05) is 6.07 Å². The number of hydrogen-bond acceptors (Lipinski definition) is 4. The number of methoxy groups -OCH3 is 2. The molecule has 0 saturated carbocycles. The molecule has 0 aliphatic rings. The zero-order valence-electron chi connectivity index (χ0n) is 15.1. The first-order valence-electron chi connectivity index (χ1n) is 8.36. The van der Waals surface area contributed by atoms with E-state index in [1.54, 1.807) is 72.8 Å². The van der Waals surface area contributed by atoms with Crippen LogP contribution in [0.5, 0.6) is 11.5 Å². The van der Waals surface area contributed by atoms with Gasteiger partial charge in [-0.05, 0) is 42.5 Å². The second-order valence-corrected chi connectivity index (χ2v) is 5.75. The van der Waals surface area contributed by atoms with Crippen molar-refractivity contribution in [3.05, 3.63) is 90.0 Å². The van der Waals surface area contributed by atoms with E-state index in [0.717, 1.165) is 4.90 Å². The van der Waals surface area contributed by atoms with Gasteiger partial charge in [0.1, 0.15) is 11.5 Å². The Balaban J connectivity index is 2.08. The van der Waals surface area contributed by atoms with Gasteiger partial charge in [0.25, 0.3) is 11.8 Å². The van der Waals surface area contributed by atoms with Crippen molar-refractivity contribution in [3.63, 3.8) is 0 Å². The first-order chi connectivity index (χ1) is 13.1. The third-order valence-corrected chi connectivity index (χ3v) is 4.06. The summed E-state index contributed by atoms with van der Waals surface area (Å²) in [6, 6.07) is 22.2. The van der Waals surface area contributed by atoms with Crippen LogP contribution >= 0.6 is 0 Å². The predicted molar refractivity (Wildman–Crippen MR) is 104 cm³/mol. The van der Waals surface area contributed by atoms with E-state index < -0.39 is 11.8 Å². The summed E-state index contributed by atoms with van der Waals surface area (Å²) in [6.07, 6.45) is 0. The van der Waals surface area contributed by atoms with Crippen LogP contribution in [0.3, 0.4) is 0 Å². The highest BCUT2D eigenvalue weighted by atomic mass is 16.5. The van der Waals surface area contributed by atoms with Crippen LogP contribution in [0.4, 0.5) is 5.69 Å². The van der Waals surface area contributed by atoms with Crippen LogP contribution in [0.15, 0.2) is 78.9 Å². The smallest absolute Gasteiger partial charge is 0.265 e.